The van der Waals surface area contributed by atoms with Gasteiger partial charge in [-0.1, -0.05) is 31.9 Å². The highest BCUT2D eigenvalue weighted by atomic mass is 19.4. The number of aliphatic carboxylic acids is 1. The van der Waals surface area contributed by atoms with Gasteiger partial charge in [0.2, 0.25) is 0 Å². The smallest absolute Gasteiger partial charge is 0.416 e. The van der Waals surface area contributed by atoms with E-state index < -0.39 is 17.7 Å². The van der Waals surface area contributed by atoms with E-state index in [1.165, 1.54) is 0 Å². The predicted molar refractivity (Wildman–Crippen MR) is 111 cm³/mol. The fraction of sp³-hybridized carbons (Fsp3) is 0.609. The first kappa shape index (κ1) is 26.0. The number of carboxylic acids is 1. The molecule has 1 heterocycles. The first-order valence-electron chi connectivity index (χ1n) is 10.1. The number of carbonyl (C=O) groups is 1. The second kappa shape index (κ2) is 12.6. The van der Waals surface area contributed by atoms with E-state index in [4.69, 9.17) is 11.5 Å². The molecule has 0 bridgehead atoms. The van der Waals surface area contributed by atoms with Crippen molar-refractivity contribution in [3.63, 3.8) is 0 Å². The summed E-state index contributed by atoms with van der Waals surface area (Å²) in [6.45, 7) is 6.37. The van der Waals surface area contributed by atoms with Crippen molar-refractivity contribution in [2.75, 3.05) is 26.8 Å². The maximum Gasteiger partial charge on any atom is 0.416 e. The van der Waals surface area contributed by atoms with Gasteiger partial charge in [-0.25, -0.2) is 0 Å². The Morgan fingerprint density at radius 2 is 1.97 bits per heavy atom. The molecule has 0 saturated carbocycles. The lowest BCUT2D eigenvalue weighted by molar-refractivity contribution is -0.139. The monoisotopic (exact) mass is 427 g/mol. The van der Waals surface area contributed by atoms with Gasteiger partial charge in [-0.2, -0.15) is 13.2 Å². The quantitative estimate of drug-likeness (QED) is 0.604. The summed E-state index contributed by atoms with van der Waals surface area (Å²) < 4.78 is 42.8. The van der Waals surface area contributed by atoms with Crippen molar-refractivity contribution in [2.45, 2.75) is 51.7 Å². The second-order valence-electron chi connectivity index (χ2n) is 7.98. The van der Waals surface area contributed by atoms with E-state index >= 15 is 0 Å². The number of halogens is 3. The molecule has 0 radical (unpaired) electrons. The molecule has 1 aromatic carbocycles. The lowest BCUT2D eigenvalue weighted by Crippen LogP contribution is -2.38. The predicted octanol–water partition coefficient (Wildman–Crippen LogP) is 5.25. The van der Waals surface area contributed by atoms with Crippen molar-refractivity contribution in [3.8, 4) is 12.3 Å². The number of terminal acetylenes is 1. The van der Waals surface area contributed by atoms with E-state index in [-0.39, 0.29) is 18.4 Å². The molecule has 0 aliphatic carbocycles. The fourth-order valence-electron chi connectivity index (χ4n) is 3.54. The van der Waals surface area contributed by atoms with Crippen LogP contribution in [-0.2, 0) is 15.7 Å². The highest BCUT2D eigenvalue weighted by molar-refractivity contribution is 5.67. The molecule has 0 aromatic heterocycles. The number of hydrogen-bond donors (Lipinski definition) is 1. The number of ether oxygens (including phenoxy) is 1. The third-order valence-electron chi connectivity index (χ3n) is 5.13. The molecule has 1 fully saturated rings. The first-order valence-corrected chi connectivity index (χ1v) is 10.1. The van der Waals surface area contributed by atoms with Gasteiger partial charge >= 0.3 is 12.1 Å². The van der Waals surface area contributed by atoms with Gasteiger partial charge in [0.1, 0.15) is 6.61 Å². The Bertz CT molecular complexity index is 680. The van der Waals surface area contributed by atoms with Crippen LogP contribution >= 0.6 is 0 Å². The standard InChI is InChI=1S/C19H26F3NO2.C4H6O/c1-13(2)7-9-23-10-8-14(12-18(24)25)11-17(23)15-3-5-16(6-4-15)19(20,21)22;1-3-4-5-2/h3-6,13-14,17H,7-12H2,1-2H3,(H,24,25);1H,4H2,2H3/t14-,17+;/m1./s1. The summed E-state index contributed by atoms with van der Waals surface area (Å²) in [5.74, 6) is 2.10. The maximum atomic E-state index is 12.8. The summed E-state index contributed by atoms with van der Waals surface area (Å²) in [7, 11) is 1.57. The summed E-state index contributed by atoms with van der Waals surface area (Å²) in [6.07, 6.45) is 3.06. The molecule has 1 aliphatic rings. The number of nitrogens with zero attached hydrogens (tertiary/aromatic N) is 1. The Kier molecular flexibility index (Phi) is 10.9. The Morgan fingerprint density at radius 3 is 2.40 bits per heavy atom. The fourth-order valence-corrected chi connectivity index (χ4v) is 3.54. The van der Waals surface area contributed by atoms with Crippen molar-refractivity contribution in [1.29, 1.82) is 0 Å². The van der Waals surface area contributed by atoms with Crippen LogP contribution in [0, 0.1) is 24.2 Å². The van der Waals surface area contributed by atoms with Gasteiger partial charge in [0, 0.05) is 19.6 Å². The minimum atomic E-state index is -4.34. The van der Waals surface area contributed by atoms with Crippen molar-refractivity contribution < 1.29 is 27.8 Å². The Balaban J connectivity index is 0.000000804. The summed E-state index contributed by atoms with van der Waals surface area (Å²) in [6, 6.07) is 5.31. The number of carboxylic acid groups (broad SMARTS) is 1. The van der Waals surface area contributed by atoms with E-state index in [2.05, 4.69) is 29.4 Å². The van der Waals surface area contributed by atoms with Gasteiger partial charge in [0.15, 0.2) is 0 Å². The largest absolute Gasteiger partial charge is 0.481 e. The van der Waals surface area contributed by atoms with Crippen LogP contribution in [0.15, 0.2) is 24.3 Å². The van der Waals surface area contributed by atoms with Crippen LogP contribution in [0.3, 0.4) is 0 Å². The summed E-state index contributed by atoms with van der Waals surface area (Å²) in [5.41, 5.74) is 0.190. The van der Waals surface area contributed by atoms with Gasteiger partial charge in [0.05, 0.1) is 5.56 Å². The van der Waals surface area contributed by atoms with Crippen LogP contribution < -0.4 is 0 Å². The number of hydrogen-bond acceptors (Lipinski definition) is 3. The summed E-state index contributed by atoms with van der Waals surface area (Å²) in [4.78, 5) is 13.3. The number of methoxy groups -OCH3 is 1. The third-order valence-corrected chi connectivity index (χ3v) is 5.13. The highest BCUT2D eigenvalue weighted by Crippen LogP contribution is 2.37. The van der Waals surface area contributed by atoms with Crippen molar-refractivity contribution in [3.05, 3.63) is 35.4 Å². The number of benzene rings is 1. The topological polar surface area (TPSA) is 49.8 Å². The molecule has 1 aliphatic heterocycles. The lowest BCUT2D eigenvalue weighted by atomic mass is 9.84. The van der Waals surface area contributed by atoms with Crippen LogP contribution in [0.1, 0.15) is 56.7 Å². The molecule has 0 amide bonds. The van der Waals surface area contributed by atoms with E-state index in [1.54, 1.807) is 19.2 Å². The number of alkyl halides is 3. The number of rotatable bonds is 7. The SMILES string of the molecule is C#CCOC.CC(C)CCN1CC[C@@H](CC(=O)O)C[C@H]1c1ccc(C(F)(F)F)cc1. The van der Waals surface area contributed by atoms with Gasteiger partial charge in [0.25, 0.3) is 0 Å². The number of likely N-dealkylation sites (tertiary alicyclic amines) is 1. The zero-order valence-electron chi connectivity index (χ0n) is 17.9. The van der Waals surface area contributed by atoms with Crippen LogP contribution in [0.25, 0.3) is 0 Å². The average molecular weight is 428 g/mol. The molecular weight excluding hydrogens is 395 g/mol. The number of piperidine rings is 1. The molecule has 30 heavy (non-hydrogen) atoms. The molecule has 7 heteroatoms. The van der Waals surface area contributed by atoms with E-state index in [9.17, 15) is 18.0 Å². The van der Waals surface area contributed by atoms with E-state index in [1.807, 2.05) is 0 Å². The normalized spacial score (nSPS) is 19.7. The minimum Gasteiger partial charge on any atom is -0.481 e. The summed E-state index contributed by atoms with van der Waals surface area (Å²) >= 11 is 0. The molecule has 1 saturated heterocycles. The van der Waals surface area contributed by atoms with Gasteiger partial charge < -0.3 is 9.84 Å². The molecule has 2 rings (SSSR count). The summed E-state index contributed by atoms with van der Waals surface area (Å²) in [5, 5.41) is 9.05. The van der Waals surface area contributed by atoms with Crippen LogP contribution in [0.2, 0.25) is 0 Å². The molecule has 1 N–H and O–H groups in total. The Morgan fingerprint density at radius 1 is 1.33 bits per heavy atom. The molecule has 2 atom stereocenters. The Hall–Kier alpha value is -2.04. The minimum absolute atomic E-state index is 0.0147. The van der Waals surface area contributed by atoms with Crippen LogP contribution in [0.5, 0.6) is 0 Å². The molecule has 1 aromatic rings. The van der Waals surface area contributed by atoms with Crippen molar-refractivity contribution >= 4 is 5.97 Å². The lowest BCUT2D eigenvalue weighted by Gasteiger charge is -2.40. The average Bonchev–Trinajstić information content (AvgIpc) is 2.67. The van der Waals surface area contributed by atoms with Crippen LogP contribution in [0.4, 0.5) is 13.2 Å². The van der Waals surface area contributed by atoms with Gasteiger partial charge in [-0.3, -0.25) is 9.69 Å². The molecule has 4 nitrogen and oxygen atoms in total. The Labute approximate surface area is 177 Å². The van der Waals surface area contributed by atoms with Crippen molar-refractivity contribution in [1.82, 2.24) is 4.90 Å². The molecular formula is C23H32F3NO3. The van der Waals surface area contributed by atoms with E-state index in [0.717, 1.165) is 43.6 Å². The molecule has 168 valence electrons. The first-order chi connectivity index (χ1) is 14.1. The second-order valence-corrected chi connectivity index (χ2v) is 7.98. The molecule has 0 spiro atoms. The zero-order chi connectivity index (χ0) is 22.7. The van der Waals surface area contributed by atoms with Crippen molar-refractivity contribution in [2.24, 2.45) is 11.8 Å². The van der Waals surface area contributed by atoms with Gasteiger partial charge in [-0.05, 0) is 61.9 Å². The van der Waals surface area contributed by atoms with Crippen LogP contribution in [-0.4, -0.2) is 42.8 Å². The van der Waals surface area contributed by atoms with Gasteiger partial charge in [-0.15, -0.1) is 6.42 Å². The molecule has 0 unspecified atom stereocenters. The zero-order valence-corrected chi connectivity index (χ0v) is 17.9. The maximum absolute atomic E-state index is 12.8. The third kappa shape index (κ3) is 9.19. The van der Waals surface area contributed by atoms with E-state index in [0.29, 0.717) is 18.9 Å². The highest BCUT2D eigenvalue weighted by Gasteiger charge is 2.33.